The molecule has 2 heteroatoms. The van der Waals surface area contributed by atoms with Gasteiger partial charge in [-0.25, -0.2) is 0 Å². The molecule has 1 N–H and O–H groups in total. The zero-order valence-electron chi connectivity index (χ0n) is 8.93. The Bertz CT molecular complexity index is 198. The van der Waals surface area contributed by atoms with E-state index in [1.165, 1.54) is 12.8 Å². The smallest absolute Gasteiger partial charge is 0.0576 e. The van der Waals surface area contributed by atoms with Crippen molar-refractivity contribution in [3.05, 3.63) is 0 Å². The quantitative estimate of drug-likeness (QED) is 0.503. The number of hydrogen-bond acceptors (Lipinski definition) is 2. The predicted octanol–water partition coefficient (Wildman–Crippen LogP) is 1.08. The summed E-state index contributed by atoms with van der Waals surface area (Å²) < 4.78 is 0. The van der Waals surface area contributed by atoms with Gasteiger partial charge in [0.2, 0.25) is 0 Å². The van der Waals surface area contributed by atoms with E-state index in [1.807, 2.05) is 6.92 Å². The van der Waals surface area contributed by atoms with Gasteiger partial charge in [-0.3, -0.25) is 4.90 Å². The van der Waals surface area contributed by atoms with Crippen LogP contribution in [0.3, 0.4) is 0 Å². The van der Waals surface area contributed by atoms with Crippen molar-refractivity contribution < 1.29 is 0 Å². The van der Waals surface area contributed by atoms with Crippen LogP contribution in [0.2, 0.25) is 0 Å². The fourth-order valence-corrected chi connectivity index (χ4v) is 1.42. The minimum absolute atomic E-state index is 0.631. The summed E-state index contributed by atoms with van der Waals surface area (Å²) in [5, 5.41) is 3.33. The lowest BCUT2D eigenvalue weighted by atomic mass is 10.3. The van der Waals surface area contributed by atoms with Gasteiger partial charge in [0.1, 0.15) is 0 Å². The Morgan fingerprint density at radius 3 is 2.77 bits per heavy atom. The Kier molecular flexibility index (Phi) is 4.27. The first-order valence-electron chi connectivity index (χ1n) is 5.08. The van der Waals surface area contributed by atoms with Crippen molar-refractivity contribution in [1.29, 1.82) is 0 Å². The zero-order chi connectivity index (χ0) is 9.68. The largest absolute Gasteiger partial charge is 0.305 e. The first kappa shape index (κ1) is 10.6. The van der Waals surface area contributed by atoms with Gasteiger partial charge in [0.25, 0.3) is 0 Å². The Labute approximate surface area is 81.7 Å². The van der Waals surface area contributed by atoms with E-state index in [0.29, 0.717) is 6.04 Å². The zero-order valence-corrected chi connectivity index (χ0v) is 8.93. The van der Waals surface area contributed by atoms with Gasteiger partial charge < -0.3 is 5.32 Å². The van der Waals surface area contributed by atoms with Crippen molar-refractivity contribution in [3.63, 3.8) is 0 Å². The summed E-state index contributed by atoms with van der Waals surface area (Å²) >= 11 is 0. The van der Waals surface area contributed by atoms with Crippen LogP contribution < -0.4 is 5.32 Å². The molecule has 0 bridgehead atoms. The Morgan fingerprint density at radius 2 is 2.23 bits per heavy atom. The number of rotatable bonds is 5. The van der Waals surface area contributed by atoms with Crippen LogP contribution in [-0.4, -0.2) is 37.1 Å². The second-order valence-corrected chi connectivity index (χ2v) is 3.80. The highest BCUT2D eigenvalue weighted by Crippen LogP contribution is 2.26. The fraction of sp³-hybridized carbons (Fsp3) is 0.818. The maximum atomic E-state index is 3.33. The SMILES string of the molecule is CC#CCNCC(C)N(C)C1CC1. The molecule has 74 valence electrons. The minimum atomic E-state index is 0.631. The van der Waals surface area contributed by atoms with E-state index < -0.39 is 0 Å². The molecular weight excluding hydrogens is 160 g/mol. The molecular formula is C11H20N2. The fourth-order valence-electron chi connectivity index (χ4n) is 1.42. The van der Waals surface area contributed by atoms with Crippen LogP contribution in [0.5, 0.6) is 0 Å². The van der Waals surface area contributed by atoms with Crippen LogP contribution in [-0.2, 0) is 0 Å². The maximum absolute atomic E-state index is 3.33. The standard InChI is InChI=1S/C11H20N2/c1-4-5-8-12-9-10(2)13(3)11-6-7-11/h10-12H,6-9H2,1-3H3. The summed E-state index contributed by atoms with van der Waals surface area (Å²) in [5.41, 5.74) is 0. The molecule has 0 aromatic heterocycles. The van der Waals surface area contributed by atoms with Gasteiger partial charge in [0.05, 0.1) is 6.54 Å². The summed E-state index contributed by atoms with van der Waals surface area (Å²) in [5.74, 6) is 5.89. The number of nitrogens with one attached hydrogen (secondary N) is 1. The molecule has 0 heterocycles. The molecule has 1 rings (SSSR count). The van der Waals surface area contributed by atoms with E-state index in [0.717, 1.165) is 19.1 Å². The average molecular weight is 180 g/mol. The van der Waals surface area contributed by atoms with Crippen molar-refractivity contribution in [3.8, 4) is 11.8 Å². The third-order valence-electron chi connectivity index (χ3n) is 2.65. The molecule has 0 aliphatic heterocycles. The predicted molar refractivity (Wildman–Crippen MR) is 56.6 cm³/mol. The van der Waals surface area contributed by atoms with E-state index in [1.54, 1.807) is 0 Å². The van der Waals surface area contributed by atoms with Crippen molar-refractivity contribution in [1.82, 2.24) is 10.2 Å². The Morgan fingerprint density at radius 1 is 1.54 bits per heavy atom. The molecule has 0 radical (unpaired) electrons. The molecule has 1 fully saturated rings. The van der Waals surface area contributed by atoms with Crippen LogP contribution in [0, 0.1) is 11.8 Å². The molecule has 0 amide bonds. The van der Waals surface area contributed by atoms with Gasteiger partial charge in [0, 0.05) is 18.6 Å². The lowest BCUT2D eigenvalue weighted by molar-refractivity contribution is 0.243. The highest BCUT2D eigenvalue weighted by atomic mass is 15.2. The Balaban J connectivity index is 2.07. The van der Waals surface area contributed by atoms with E-state index >= 15 is 0 Å². The molecule has 2 nitrogen and oxygen atoms in total. The molecule has 0 aromatic rings. The van der Waals surface area contributed by atoms with Gasteiger partial charge in [-0.05, 0) is 33.7 Å². The lowest BCUT2D eigenvalue weighted by Gasteiger charge is -2.24. The molecule has 0 saturated heterocycles. The summed E-state index contributed by atoms with van der Waals surface area (Å²) in [4.78, 5) is 2.46. The molecule has 13 heavy (non-hydrogen) atoms. The first-order valence-corrected chi connectivity index (χ1v) is 5.08. The Hall–Kier alpha value is -0.520. The topological polar surface area (TPSA) is 15.3 Å². The molecule has 1 saturated carbocycles. The van der Waals surface area contributed by atoms with Crippen LogP contribution in [0.25, 0.3) is 0 Å². The van der Waals surface area contributed by atoms with Crippen molar-refractivity contribution in [2.45, 2.75) is 38.8 Å². The van der Waals surface area contributed by atoms with Crippen molar-refractivity contribution in [2.24, 2.45) is 0 Å². The number of hydrogen-bond donors (Lipinski definition) is 1. The molecule has 0 aromatic carbocycles. The van der Waals surface area contributed by atoms with E-state index in [4.69, 9.17) is 0 Å². The van der Waals surface area contributed by atoms with Gasteiger partial charge in [-0.15, -0.1) is 5.92 Å². The third-order valence-corrected chi connectivity index (χ3v) is 2.65. The average Bonchev–Trinajstić information content (AvgIpc) is 2.94. The molecule has 1 aliphatic rings. The maximum Gasteiger partial charge on any atom is 0.0576 e. The second-order valence-electron chi connectivity index (χ2n) is 3.80. The van der Waals surface area contributed by atoms with Crippen LogP contribution in [0.1, 0.15) is 26.7 Å². The molecule has 1 aliphatic carbocycles. The summed E-state index contributed by atoms with van der Waals surface area (Å²) in [6.45, 7) is 6.01. The normalized spacial score (nSPS) is 18.2. The van der Waals surface area contributed by atoms with Crippen LogP contribution >= 0.6 is 0 Å². The van der Waals surface area contributed by atoms with Crippen molar-refractivity contribution >= 4 is 0 Å². The van der Waals surface area contributed by atoms with Crippen molar-refractivity contribution in [2.75, 3.05) is 20.1 Å². The van der Waals surface area contributed by atoms with Gasteiger partial charge in [-0.2, -0.15) is 0 Å². The lowest BCUT2D eigenvalue weighted by Crippen LogP contribution is -2.39. The first-order chi connectivity index (χ1) is 6.25. The number of nitrogens with zero attached hydrogens (tertiary/aromatic N) is 1. The van der Waals surface area contributed by atoms with E-state index in [2.05, 4.69) is 36.0 Å². The minimum Gasteiger partial charge on any atom is -0.305 e. The molecule has 0 spiro atoms. The van der Waals surface area contributed by atoms with Gasteiger partial charge >= 0.3 is 0 Å². The van der Waals surface area contributed by atoms with Gasteiger partial charge in [0.15, 0.2) is 0 Å². The molecule has 1 unspecified atom stereocenters. The van der Waals surface area contributed by atoms with Crippen LogP contribution in [0.15, 0.2) is 0 Å². The summed E-state index contributed by atoms with van der Waals surface area (Å²) in [6, 6.07) is 1.49. The van der Waals surface area contributed by atoms with E-state index in [9.17, 15) is 0 Å². The summed E-state index contributed by atoms with van der Waals surface area (Å²) in [7, 11) is 2.22. The van der Waals surface area contributed by atoms with Gasteiger partial charge in [-0.1, -0.05) is 5.92 Å². The monoisotopic (exact) mass is 180 g/mol. The number of likely N-dealkylation sites (N-methyl/N-ethyl adjacent to an activating group) is 1. The second kappa shape index (κ2) is 5.26. The third kappa shape index (κ3) is 3.80. The highest BCUT2D eigenvalue weighted by molar-refractivity contribution is 4.97. The van der Waals surface area contributed by atoms with Crippen LogP contribution in [0.4, 0.5) is 0 Å². The highest BCUT2D eigenvalue weighted by Gasteiger charge is 2.28. The summed E-state index contributed by atoms with van der Waals surface area (Å²) in [6.07, 6.45) is 2.77. The molecule has 1 atom stereocenters. The van der Waals surface area contributed by atoms with E-state index in [-0.39, 0.29) is 0 Å².